The summed E-state index contributed by atoms with van der Waals surface area (Å²) in [5, 5.41) is 15.2. The monoisotopic (exact) mass is 644 g/mol. The van der Waals surface area contributed by atoms with Crippen LogP contribution in [0, 0.1) is 11.3 Å². The van der Waals surface area contributed by atoms with Crippen LogP contribution in [0.5, 0.6) is 0 Å². The zero-order valence-corrected chi connectivity index (χ0v) is 28.0. The molecule has 0 saturated carbocycles. The van der Waals surface area contributed by atoms with Crippen LogP contribution in [-0.2, 0) is 5.41 Å². The molecule has 0 aliphatic heterocycles. The van der Waals surface area contributed by atoms with Gasteiger partial charge in [0.1, 0.15) is 6.07 Å². The van der Waals surface area contributed by atoms with Crippen molar-refractivity contribution in [2.24, 2.45) is 0 Å². The van der Waals surface area contributed by atoms with Crippen LogP contribution >= 0.6 is 0 Å². The van der Waals surface area contributed by atoms with E-state index in [4.69, 9.17) is 15.0 Å². The molecule has 9 aromatic rings. The second kappa shape index (κ2) is 11.3. The number of nitriles is 1. The van der Waals surface area contributed by atoms with Gasteiger partial charge in [0.15, 0.2) is 11.6 Å². The number of benzene rings is 6. The Morgan fingerprint density at radius 2 is 1.04 bits per heavy atom. The second-order valence-corrected chi connectivity index (χ2v) is 13.7. The van der Waals surface area contributed by atoms with Gasteiger partial charge in [0.25, 0.3) is 0 Å². The molecule has 0 aliphatic rings. The summed E-state index contributed by atoms with van der Waals surface area (Å²) in [6, 6.07) is 50.1. The Hall–Kier alpha value is -6.58. The van der Waals surface area contributed by atoms with Crippen LogP contribution < -0.4 is 0 Å². The van der Waals surface area contributed by atoms with Gasteiger partial charge in [0, 0.05) is 32.7 Å². The first-order valence-electron chi connectivity index (χ1n) is 16.8. The average Bonchev–Trinajstić information content (AvgIpc) is 3.67. The van der Waals surface area contributed by atoms with Gasteiger partial charge in [0.2, 0.25) is 5.95 Å². The summed E-state index contributed by atoms with van der Waals surface area (Å²) in [5.41, 5.74) is 8.39. The van der Waals surface area contributed by atoms with Gasteiger partial charge in [-0.3, -0.25) is 4.57 Å². The maximum absolute atomic E-state index is 10.6. The highest BCUT2D eigenvalue weighted by atomic mass is 15.2. The predicted molar refractivity (Wildman–Crippen MR) is 203 cm³/mol. The number of hydrogen-bond donors (Lipinski definition) is 0. The third-order valence-electron chi connectivity index (χ3n) is 9.59. The number of para-hydroxylation sites is 3. The first-order valence-corrected chi connectivity index (χ1v) is 16.8. The van der Waals surface area contributed by atoms with E-state index >= 15 is 0 Å². The van der Waals surface area contributed by atoms with Crippen LogP contribution in [-0.4, -0.2) is 24.1 Å². The molecule has 0 aliphatic carbocycles. The minimum Gasteiger partial charge on any atom is -0.308 e. The summed E-state index contributed by atoms with van der Waals surface area (Å²) >= 11 is 0. The van der Waals surface area contributed by atoms with Crippen LogP contribution in [0.25, 0.3) is 78.0 Å². The van der Waals surface area contributed by atoms with Crippen LogP contribution in [0.4, 0.5) is 0 Å². The molecule has 3 heterocycles. The molecular formula is C44H32N6. The molecule has 9 rings (SSSR count). The zero-order chi connectivity index (χ0) is 34.0. The van der Waals surface area contributed by atoms with E-state index in [1.807, 2.05) is 60.7 Å². The molecule has 0 N–H and O–H groups in total. The molecule has 6 nitrogen and oxygen atoms in total. The fourth-order valence-corrected chi connectivity index (χ4v) is 7.11. The SMILES string of the molecule is CC(C)(C)c1ccc2c(c1)c1ccccc1n2-c1ccc(-c2nc(-c3ccccc3)nc(-n3c4ccccc4c4ccccc43)n2)cc1C#N. The van der Waals surface area contributed by atoms with Crippen molar-refractivity contribution in [2.75, 3.05) is 0 Å². The molecule has 0 amide bonds. The van der Waals surface area contributed by atoms with Crippen molar-refractivity contribution in [3.8, 4) is 40.5 Å². The molecule has 0 radical (unpaired) electrons. The quantitative estimate of drug-likeness (QED) is 0.191. The van der Waals surface area contributed by atoms with Crippen molar-refractivity contribution < 1.29 is 0 Å². The van der Waals surface area contributed by atoms with Crippen molar-refractivity contribution >= 4 is 43.6 Å². The Bertz CT molecular complexity index is 2760. The van der Waals surface area contributed by atoms with Crippen LogP contribution in [0.1, 0.15) is 31.9 Å². The van der Waals surface area contributed by atoms with Crippen molar-refractivity contribution in [2.45, 2.75) is 26.2 Å². The van der Waals surface area contributed by atoms with Gasteiger partial charge in [0.05, 0.1) is 33.3 Å². The Morgan fingerprint density at radius 3 is 1.66 bits per heavy atom. The van der Waals surface area contributed by atoms with E-state index in [1.54, 1.807) is 0 Å². The normalized spacial score (nSPS) is 11.9. The Morgan fingerprint density at radius 1 is 0.500 bits per heavy atom. The topological polar surface area (TPSA) is 72.3 Å². The number of rotatable bonds is 4. The molecule has 3 aromatic heterocycles. The van der Waals surface area contributed by atoms with Gasteiger partial charge in [-0.05, 0) is 59.5 Å². The Labute approximate surface area is 289 Å². The minimum atomic E-state index is 0.0120. The summed E-state index contributed by atoms with van der Waals surface area (Å²) in [5.74, 6) is 1.58. The molecule has 6 aromatic carbocycles. The molecule has 0 spiro atoms. The number of nitrogens with zero attached hydrogens (tertiary/aromatic N) is 6. The molecule has 0 saturated heterocycles. The highest BCUT2D eigenvalue weighted by Gasteiger charge is 2.21. The van der Waals surface area contributed by atoms with Gasteiger partial charge in [-0.1, -0.05) is 112 Å². The lowest BCUT2D eigenvalue weighted by Gasteiger charge is -2.19. The summed E-state index contributed by atoms with van der Waals surface area (Å²) in [7, 11) is 0. The molecule has 6 heteroatoms. The maximum atomic E-state index is 10.6. The predicted octanol–water partition coefficient (Wildman–Crippen LogP) is 10.6. The highest BCUT2D eigenvalue weighted by Crippen LogP contribution is 2.37. The standard InChI is InChI=1S/C44H32N6/c1-44(2,3)31-22-24-40-35(26-31)34-17-9-10-18-37(34)49(40)36-23-21-29(25-30(36)27-45)42-46-41(28-13-5-4-6-14-28)47-43(48-42)50-38-19-11-7-15-32(38)33-16-8-12-20-39(33)50/h4-26H,1-3H3. The summed E-state index contributed by atoms with van der Waals surface area (Å²) in [6.07, 6.45) is 0. The average molecular weight is 645 g/mol. The number of aromatic nitrogens is 5. The zero-order valence-electron chi connectivity index (χ0n) is 28.0. The van der Waals surface area contributed by atoms with E-state index < -0.39 is 0 Å². The van der Waals surface area contributed by atoms with Crippen LogP contribution in [0.3, 0.4) is 0 Å². The third kappa shape index (κ3) is 4.67. The molecule has 50 heavy (non-hydrogen) atoms. The Kier molecular flexibility index (Phi) is 6.65. The van der Waals surface area contributed by atoms with E-state index in [0.29, 0.717) is 23.2 Å². The lowest BCUT2D eigenvalue weighted by Crippen LogP contribution is -2.10. The van der Waals surface area contributed by atoms with E-state index in [2.05, 4.69) is 115 Å². The number of fused-ring (bicyclic) bond motifs is 6. The van der Waals surface area contributed by atoms with Crippen LogP contribution in [0.2, 0.25) is 0 Å². The third-order valence-corrected chi connectivity index (χ3v) is 9.59. The van der Waals surface area contributed by atoms with Crippen molar-refractivity contribution in [3.63, 3.8) is 0 Å². The van der Waals surface area contributed by atoms with Gasteiger partial charge < -0.3 is 4.57 Å². The smallest absolute Gasteiger partial charge is 0.238 e. The second-order valence-electron chi connectivity index (χ2n) is 13.7. The molecule has 0 atom stereocenters. The first kappa shape index (κ1) is 29.6. The first-order chi connectivity index (χ1) is 24.4. The minimum absolute atomic E-state index is 0.0120. The molecule has 0 unspecified atom stereocenters. The van der Waals surface area contributed by atoms with E-state index in [1.165, 1.54) is 10.9 Å². The fourth-order valence-electron chi connectivity index (χ4n) is 7.11. The van der Waals surface area contributed by atoms with Gasteiger partial charge in [-0.25, -0.2) is 4.98 Å². The van der Waals surface area contributed by atoms with Gasteiger partial charge in [-0.15, -0.1) is 0 Å². The molecule has 0 fully saturated rings. The van der Waals surface area contributed by atoms with Gasteiger partial charge in [-0.2, -0.15) is 15.2 Å². The van der Waals surface area contributed by atoms with Gasteiger partial charge >= 0.3 is 0 Å². The Balaban J connectivity index is 1.26. The van der Waals surface area contributed by atoms with Crippen molar-refractivity contribution in [1.82, 2.24) is 24.1 Å². The molecule has 238 valence electrons. The lowest BCUT2D eigenvalue weighted by atomic mass is 9.86. The lowest BCUT2D eigenvalue weighted by molar-refractivity contribution is 0.591. The van der Waals surface area contributed by atoms with E-state index in [9.17, 15) is 5.26 Å². The molecule has 0 bridgehead atoms. The van der Waals surface area contributed by atoms with Crippen LogP contribution in [0.15, 0.2) is 140 Å². The molecular weight excluding hydrogens is 613 g/mol. The summed E-state index contributed by atoms with van der Waals surface area (Å²) < 4.78 is 4.30. The summed E-state index contributed by atoms with van der Waals surface area (Å²) in [6.45, 7) is 6.70. The van der Waals surface area contributed by atoms with Crippen molar-refractivity contribution in [1.29, 1.82) is 5.26 Å². The van der Waals surface area contributed by atoms with E-state index in [0.717, 1.165) is 55.0 Å². The maximum Gasteiger partial charge on any atom is 0.238 e. The largest absolute Gasteiger partial charge is 0.308 e. The number of hydrogen-bond acceptors (Lipinski definition) is 4. The fraction of sp³-hybridized carbons (Fsp3) is 0.0909. The summed E-state index contributed by atoms with van der Waals surface area (Å²) in [4.78, 5) is 15.1. The van der Waals surface area contributed by atoms with E-state index in [-0.39, 0.29) is 5.41 Å². The van der Waals surface area contributed by atoms with Crippen molar-refractivity contribution in [3.05, 3.63) is 151 Å². The highest BCUT2D eigenvalue weighted by molar-refractivity contribution is 6.10.